The molecule has 15 aromatic rings. The Balaban J connectivity index is 0.861. The molecule has 15 aromatic carbocycles. The van der Waals surface area contributed by atoms with Gasteiger partial charge >= 0.3 is 0 Å². The van der Waals surface area contributed by atoms with Crippen LogP contribution in [0.3, 0.4) is 0 Å². The van der Waals surface area contributed by atoms with Gasteiger partial charge in [0, 0.05) is 34.1 Å². The second-order valence-electron chi connectivity index (χ2n) is 20.8. The molecule has 2 heteroatoms. The van der Waals surface area contributed by atoms with Crippen LogP contribution in [0.5, 0.6) is 0 Å². The molecule has 0 N–H and O–H groups in total. The van der Waals surface area contributed by atoms with Crippen LogP contribution in [-0.2, 0) is 0 Å². The number of nitrogens with zero attached hydrogens (tertiary/aromatic N) is 2. The summed E-state index contributed by atoms with van der Waals surface area (Å²) in [6.07, 6.45) is 0. The van der Waals surface area contributed by atoms with Gasteiger partial charge in [-0.15, -0.1) is 0 Å². The van der Waals surface area contributed by atoms with Crippen molar-refractivity contribution < 1.29 is 0 Å². The Labute approximate surface area is 465 Å². The number of rotatable bonds is 10. The van der Waals surface area contributed by atoms with E-state index in [0.29, 0.717) is 0 Å². The third-order valence-corrected chi connectivity index (χ3v) is 16.2. The van der Waals surface area contributed by atoms with Crippen LogP contribution in [0.2, 0.25) is 0 Å². The van der Waals surface area contributed by atoms with Crippen LogP contribution in [0.4, 0.5) is 34.1 Å². The number of hydrogen-bond acceptors (Lipinski definition) is 2. The standard InChI is InChI=1S/C78H52N2/c1-5-19-53(20-6-1)55-35-39-57(40-36-55)59-23-17-29-63(47-59)79(61-25-9-3-10-26-61)65-43-45-71-73(49-65)67-31-13-15-33-69(67)75-52-78-72-46-44-66(50-74(72)68-32-14-16-34-70(68)76(78)51-77(71)75)80(62-27-11-4-12-28-62)64-30-18-24-60(48-64)58-41-37-56(38-42-58)54-21-7-2-8-22-54/h1-52H. The molecular weight excluding hydrogens is 965 g/mol. The molecule has 0 saturated carbocycles. The van der Waals surface area contributed by atoms with E-state index in [2.05, 4.69) is 325 Å². The van der Waals surface area contributed by atoms with Crippen molar-refractivity contribution in [2.45, 2.75) is 0 Å². The first-order chi connectivity index (χ1) is 39.7. The van der Waals surface area contributed by atoms with Gasteiger partial charge in [-0.2, -0.15) is 0 Å². The summed E-state index contributed by atoms with van der Waals surface area (Å²) in [4.78, 5) is 4.80. The van der Waals surface area contributed by atoms with E-state index in [0.717, 1.165) is 34.1 Å². The summed E-state index contributed by atoms with van der Waals surface area (Å²) in [6, 6.07) is 116. The fourth-order valence-electron chi connectivity index (χ4n) is 12.3. The van der Waals surface area contributed by atoms with Crippen molar-refractivity contribution in [1.29, 1.82) is 0 Å². The molecule has 0 radical (unpaired) electrons. The topological polar surface area (TPSA) is 6.48 Å². The molecule has 0 aliphatic carbocycles. The first-order valence-electron chi connectivity index (χ1n) is 27.6. The van der Waals surface area contributed by atoms with Gasteiger partial charge in [0.2, 0.25) is 0 Å². The SMILES string of the molecule is c1ccc(-c2ccc(-c3cccc(N(c4ccccc4)c4ccc5c(c4)c4ccccc4c4cc6c7ccc(N(c8ccccc8)c8cccc(-c9ccc(-c%10ccccc%10)cc9)c8)cc7c7ccccc7c6cc54)c3)cc2)cc1. The maximum Gasteiger partial charge on any atom is 0.0468 e. The first kappa shape index (κ1) is 46.7. The second-order valence-corrected chi connectivity index (χ2v) is 20.8. The van der Waals surface area contributed by atoms with Crippen molar-refractivity contribution in [3.8, 4) is 44.5 Å². The summed E-state index contributed by atoms with van der Waals surface area (Å²) in [5.41, 5.74) is 16.2. The summed E-state index contributed by atoms with van der Waals surface area (Å²) in [5, 5.41) is 14.9. The predicted molar refractivity (Wildman–Crippen MR) is 343 cm³/mol. The van der Waals surface area contributed by atoms with E-state index in [1.165, 1.54) is 109 Å². The average molecular weight is 1020 g/mol. The normalized spacial score (nSPS) is 11.5. The van der Waals surface area contributed by atoms with Gasteiger partial charge in [0.15, 0.2) is 0 Å². The molecule has 0 bridgehead atoms. The van der Waals surface area contributed by atoms with Crippen LogP contribution in [-0.4, -0.2) is 0 Å². The lowest BCUT2D eigenvalue weighted by molar-refractivity contribution is 1.29. The van der Waals surface area contributed by atoms with Crippen LogP contribution in [0.15, 0.2) is 315 Å². The largest absolute Gasteiger partial charge is 0.310 e. The van der Waals surface area contributed by atoms with Crippen molar-refractivity contribution in [3.05, 3.63) is 315 Å². The zero-order chi connectivity index (χ0) is 52.9. The van der Waals surface area contributed by atoms with Gasteiger partial charge in [-0.25, -0.2) is 0 Å². The lowest BCUT2D eigenvalue weighted by Gasteiger charge is -2.27. The molecule has 0 fully saturated rings. The van der Waals surface area contributed by atoms with E-state index in [-0.39, 0.29) is 0 Å². The average Bonchev–Trinajstić information content (AvgIpc) is 3.60. The molecule has 0 spiro atoms. The zero-order valence-electron chi connectivity index (χ0n) is 43.9. The van der Waals surface area contributed by atoms with Crippen molar-refractivity contribution in [1.82, 2.24) is 0 Å². The van der Waals surface area contributed by atoms with E-state index < -0.39 is 0 Å². The van der Waals surface area contributed by atoms with Crippen LogP contribution < -0.4 is 9.80 Å². The quantitative estimate of drug-likeness (QED) is 0.0995. The third kappa shape index (κ3) is 8.30. The summed E-state index contributed by atoms with van der Waals surface area (Å²) >= 11 is 0. The molecule has 0 aliphatic heterocycles. The fraction of sp³-hybridized carbons (Fsp3) is 0. The maximum atomic E-state index is 2.48. The Kier molecular flexibility index (Phi) is 11.6. The van der Waals surface area contributed by atoms with Crippen LogP contribution in [0.1, 0.15) is 0 Å². The molecule has 0 aliphatic rings. The number of para-hydroxylation sites is 2. The van der Waals surface area contributed by atoms with E-state index in [1.807, 2.05) is 0 Å². The smallest absolute Gasteiger partial charge is 0.0468 e. The van der Waals surface area contributed by atoms with Gasteiger partial charge in [-0.3, -0.25) is 0 Å². The summed E-state index contributed by atoms with van der Waals surface area (Å²) in [6.45, 7) is 0. The Bertz CT molecular complexity index is 4480. The highest BCUT2D eigenvalue weighted by atomic mass is 15.1. The highest BCUT2D eigenvalue weighted by Gasteiger charge is 2.20. The number of benzene rings is 15. The van der Waals surface area contributed by atoms with Gasteiger partial charge < -0.3 is 9.80 Å². The Morgan fingerprint density at radius 3 is 0.713 bits per heavy atom. The van der Waals surface area contributed by atoms with Crippen molar-refractivity contribution in [2.24, 2.45) is 0 Å². The highest BCUT2D eigenvalue weighted by Crippen LogP contribution is 2.47. The summed E-state index contributed by atoms with van der Waals surface area (Å²) in [7, 11) is 0. The molecule has 0 atom stereocenters. The zero-order valence-corrected chi connectivity index (χ0v) is 43.9. The van der Waals surface area contributed by atoms with E-state index in [4.69, 9.17) is 0 Å². The van der Waals surface area contributed by atoms with E-state index in [9.17, 15) is 0 Å². The molecule has 80 heavy (non-hydrogen) atoms. The van der Waals surface area contributed by atoms with E-state index >= 15 is 0 Å². The molecule has 15 rings (SSSR count). The first-order valence-corrected chi connectivity index (χ1v) is 27.6. The van der Waals surface area contributed by atoms with Gasteiger partial charge in [-0.1, -0.05) is 231 Å². The van der Waals surface area contributed by atoms with Gasteiger partial charge in [-0.05, 0) is 194 Å². The van der Waals surface area contributed by atoms with Crippen molar-refractivity contribution in [2.75, 3.05) is 9.80 Å². The monoisotopic (exact) mass is 1020 g/mol. The third-order valence-electron chi connectivity index (χ3n) is 16.2. The molecule has 0 aromatic heterocycles. The van der Waals surface area contributed by atoms with Gasteiger partial charge in [0.05, 0.1) is 0 Å². The van der Waals surface area contributed by atoms with Gasteiger partial charge in [0.25, 0.3) is 0 Å². The minimum absolute atomic E-state index is 1.10. The number of hydrogen-bond donors (Lipinski definition) is 0. The molecule has 2 nitrogen and oxygen atoms in total. The highest BCUT2D eigenvalue weighted by molar-refractivity contribution is 6.33. The van der Waals surface area contributed by atoms with Crippen molar-refractivity contribution >= 4 is 98.8 Å². The second kappa shape index (κ2) is 19.8. The molecule has 0 saturated heterocycles. The summed E-state index contributed by atoms with van der Waals surface area (Å²) < 4.78 is 0. The molecule has 0 unspecified atom stereocenters. The van der Waals surface area contributed by atoms with Crippen LogP contribution in [0.25, 0.3) is 109 Å². The maximum absolute atomic E-state index is 2.48. The number of fused-ring (bicyclic) bond motifs is 12. The summed E-state index contributed by atoms with van der Waals surface area (Å²) in [5.74, 6) is 0. The Hall–Kier alpha value is -10.5. The predicted octanol–water partition coefficient (Wildman–Crippen LogP) is 22.2. The minimum atomic E-state index is 1.10. The van der Waals surface area contributed by atoms with Crippen LogP contribution in [0, 0.1) is 0 Å². The fourth-order valence-corrected chi connectivity index (χ4v) is 12.3. The minimum Gasteiger partial charge on any atom is -0.310 e. The van der Waals surface area contributed by atoms with Crippen LogP contribution >= 0.6 is 0 Å². The van der Waals surface area contributed by atoms with Gasteiger partial charge in [0.1, 0.15) is 0 Å². The molecule has 0 amide bonds. The Morgan fingerprint density at radius 2 is 0.362 bits per heavy atom. The number of anilines is 6. The lowest BCUT2D eigenvalue weighted by atomic mass is 9.88. The molecule has 374 valence electrons. The van der Waals surface area contributed by atoms with Crippen molar-refractivity contribution in [3.63, 3.8) is 0 Å². The molecule has 0 heterocycles. The van der Waals surface area contributed by atoms with E-state index in [1.54, 1.807) is 0 Å². The molecular formula is C78H52N2. The lowest BCUT2D eigenvalue weighted by Crippen LogP contribution is -2.10. The Morgan fingerprint density at radius 1 is 0.125 bits per heavy atom.